The first-order valence-corrected chi connectivity index (χ1v) is 9.02. The first-order valence-electron chi connectivity index (χ1n) is 7.94. The largest absolute Gasteiger partial charge is 0.394 e. The molecule has 28 heavy (non-hydrogen) atoms. The molecular weight excluding hydrogens is 487 g/mol. The Morgan fingerprint density at radius 3 is 2.75 bits per heavy atom. The predicted octanol–water partition coefficient (Wildman–Crippen LogP) is 2.28. The molecule has 0 spiro atoms. The van der Waals surface area contributed by atoms with Gasteiger partial charge in [0.2, 0.25) is 0 Å². The van der Waals surface area contributed by atoms with E-state index >= 15 is 0 Å². The van der Waals surface area contributed by atoms with Crippen molar-refractivity contribution in [3.63, 3.8) is 0 Å². The molecule has 1 aromatic rings. The minimum atomic E-state index is -1.20. The maximum atomic E-state index is 14.2. The van der Waals surface area contributed by atoms with Crippen LogP contribution >= 0.6 is 22.6 Å². The Morgan fingerprint density at radius 2 is 2.14 bits per heavy atom. The van der Waals surface area contributed by atoms with Crippen LogP contribution in [0.5, 0.6) is 0 Å². The minimum Gasteiger partial charge on any atom is -0.394 e. The number of allylic oxidation sites excluding steroid dienone is 1. The number of nitrogens with zero attached hydrogens (tertiary/aromatic N) is 1. The van der Waals surface area contributed by atoms with Gasteiger partial charge >= 0.3 is 0 Å². The monoisotopic (exact) mass is 505 g/mol. The van der Waals surface area contributed by atoms with Crippen molar-refractivity contribution in [3.8, 4) is 0 Å². The van der Waals surface area contributed by atoms with Crippen LogP contribution in [0.25, 0.3) is 0 Å². The van der Waals surface area contributed by atoms with E-state index < -0.39 is 30.3 Å². The molecule has 1 aliphatic heterocycles. The third kappa shape index (κ3) is 5.16. The topological polar surface area (TPSA) is 94.1 Å². The zero-order valence-electron chi connectivity index (χ0n) is 14.6. The number of nitrogens with one attached hydrogen (secondary N) is 2. The van der Waals surface area contributed by atoms with Crippen LogP contribution in [0.2, 0.25) is 0 Å². The molecule has 1 amide bonds. The molecule has 7 nitrogen and oxygen atoms in total. The highest BCUT2D eigenvalue weighted by atomic mass is 127. The van der Waals surface area contributed by atoms with Gasteiger partial charge in [0.15, 0.2) is 0 Å². The zero-order valence-corrected chi connectivity index (χ0v) is 16.7. The first kappa shape index (κ1) is 22.0. The van der Waals surface area contributed by atoms with Crippen LogP contribution in [0.4, 0.5) is 14.5 Å². The van der Waals surface area contributed by atoms with Crippen molar-refractivity contribution in [2.24, 2.45) is 0 Å². The fraction of sp³-hybridized carbons (Fsp3) is 0.167. The van der Waals surface area contributed by atoms with Crippen LogP contribution in [0.15, 0.2) is 66.6 Å². The Balaban J connectivity index is 2.37. The number of hydrogen-bond donors (Lipinski definition) is 4. The molecular formula is C18H18F2IN3O4. The lowest BCUT2D eigenvalue weighted by molar-refractivity contribution is -0.132. The summed E-state index contributed by atoms with van der Waals surface area (Å²) in [6.07, 6.45) is 0.929. The van der Waals surface area contributed by atoms with E-state index in [1.807, 2.05) is 28.1 Å². The lowest BCUT2D eigenvalue weighted by Gasteiger charge is -2.30. The van der Waals surface area contributed by atoms with Crippen molar-refractivity contribution < 1.29 is 28.6 Å². The van der Waals surface area contributed by atoms with Crippen LogP contribution in [0, 0.1) is 9.39 Å². The number of hydroxylamine groups is 1. The van der Waals surface area contributed by atoms with Crippen molar-refractivity contribution in [1.29, 1.82) is 0 Å². The molecule has 0 bridgehead atoms. The molecule has 0 aromatic heterocycles. The molecule has 1 aliphatic rings. The summed E-state index contributed by atoms with van der Waals surface area (Å²) in [5, 5.41) is 20.7. The molecule has 0 radical (unpaired) electrons. The van der Waals surface area contributed by atoms with Crippen molar-refractivity contribution in [3.05, 3.63) is 75.9 Å². The van der Waals surface area contributed by atoms with Gasteiger partial charge in [-0.05, 0) is 46.9 Å². The molecule has 0 fully saturated rings. The van der Waals surface area contributed by atoms with E-state index in [0.717, 1.165) is 11.0 Å². The maximum absolute atomic E-state index is 14.2. The quantitative estimate of drug-likeness (QED) is 0.320. The summed E-state index contributed by atoms with van der Waals surface area (Å²) in [4.78, 5) is 18.4. The summed E-state index contributed by atoms with van der Waals surface area (Å²) < 4.78 is 29.1. The Hall–Kier alpha value is -2.28. The van der Waals surface area contributed by atoms with Gasteiger partial charge in [-0.15, -0.1) is 0 Å². The van der Waals surface area contributed by atoms with E-state index in [2.05, 4.69) is 18.5 Å². The number of benzene rings is 1. The summed E-state index contributed by atoms with van der Waals surface area (Å²) in [7, 11) is 0. The normalized spacial score (nSPS) is 15.2. The fourth-order valence-corrected chi connectivity index (χ4v) is 2.64. The van der Waals surface area contributed by atoms with Gasteiger partial charge < -0.3 is 20.4 Å². The molecule has 1 aromatic carbocycles. The summed E-state index contributed by atoms with van der Waals surface area (Å²) in [6.45, 7) is 6.21. The number of anilines is 1. The Kier molecular flexibility index (Phi) is 7.69. The molecule has 150 valence electrons. The number of carbonyl (C=O) groups excluding carboxylic acids is 1. The molecule has 0 unspecified atom stereocenters. The second-order valence-corrected chi connectivity index (χ2v) is 6.83. The minimum absolute atomic E-state index is 0.00492. The van der Waals surface area contributed by atoms with Gasteiger partial charge in [-0.2, -0.15) is 0 Å². The standard InChI is InChI=1S/C18H18F2IN3O4/c1-3-24-10(2)14(19)7-13(18(27)23-28-9-12(26)8-25)17(24)22-16-5-4-11(21)6-15(16)20/h3-7,12,22,25-26H,1-2,8-9H2,(H,23,27)/t12-/m1/s1. The van der Waals surface area contributed by atoms with Gasteiger partial charge in [-0.1, -0.05) is 13.2 Å². The van der Waals surface area contributed by atoms with E-state index in [1.54, 1.807) is 6.07 Å². The van der Waals surface area contributed by atoms with Crippen molar-refractivity contribution >= 4 is 34.2 Å². The molecule has 0 aliphatic carbocycles. The smallest absolute Gasteiger partial charge is 0.278 e. The third-order valence-corrected chi connectivity index (χ3v) is 4.27. The van der Waals surface area contributed by atoms with Gasteiger partial charge in [0.25, 0.3) is 5.91 Å². The van der Waals surface area contributed by atoms with Crippen LogP contribution < -0.4 is 10.8 Å². The number of rotatable bonds is 8. The third-order valence-electron chi connectivity index (χ3n) is 3.60. The second kappa shape index (κ2) is 9.78. The molecule has 10 heteroatoms. The van der Waals surface area contributed by atoms with E-state index in [4.69, 9.17) is 9.94 Å². The summed E-state index contributed by atoms with van der Waals surface area (Å²) in [5.74, 6) is -2.24. The number of amides is 1. The molecule has 1 atom stereocenters. The highest BCUT2D eigenvalue weighted by Crippen LogP contribution is 2.31. The van der Waals surface area contributed by atoms with E-state index in [9.17, 15) is 18.7 Å². The van der Waals surface area contributed by atoms with Gasteiger partial charge in [-0.3, -0.25) is 9.63 Å². The molecule has 1 heterocycles. The first-order chi connectivity index (χ1) is 13.3. The SMILES string of the molecule is C=CN1C(=C)C(F)=CC(C(=O)NOC[C@H](O)CO)=C1Nc1ccc(I)cc1F. The van der Waals surface area contributed by atoms with E-state index in [0.29, 0.717) is 3.57 Å². The predicted molar refractivity (Wildman–Crippen MR) is 107 cm³/mol. The van der Waals surface area contributed by atoms with Crippen molar-refractivity contribution in [1.82, 2.24) is 10.4 Å². The van der Waals surface area contributed by atoms with Gasteiger partial charge in [0.1, 0.15) is 30.2 Å². The molecule has 0 saturated heterocycles. The second-order valence-electron chi connectivity index (χ2n) is 5.58. The van der Waals surface area contributed by atoms with Crippen molar-refractivity contribution in [2.45, 2.75) is 6.10 Å². The van der Waals surface area contributed by atoms with Gasteiger partial charge in [0, 0.05) is 9.77 Å². The highest BCUT2D eigenvalue weighted by Gasteiger charge is 2.28. The van der Waals surface area contributed by atoms with Crippen molar-refractivity contribution in [2.75, 3.05) is 18.5 Å². The summed E-state index contributed by atoms with van der Waals surface area (Å²) >= 11 is 1.95. The Bertz CT molecular complexity index is 857. The lowest BCUT2D eigenvalue weighted by atomic mass is 10.1. The summed E-state index contributed by atoms with van der Waals surface area (Å²) in [6, 6.07) is 4.40. The van der Waals surface area contributed by atoms with Crippen LogP contribution in [0.1, 0.15) is 0 Å². The molecule has 2 rings (SSSR count). The number of hydrogen-bond acceptors (Lipinski definition) is 6. The van der Waals surface area contributed by atoms with Gasteiger partial charge in [-0.25, -0.2) is 14.3 Å². The highest BCUT2D eigenvalue weighted by molar-refractivity contribution is 14.1. The number of halogens is 3. The average molecular weight is 505 g/mol. The van der Waals surface area contributed by atoms with Crippen LogP contribution in [-0.4, -0.2) is 40.3 Å². The maximum Gasteiger partial charge on any atom is 0.278 e. The van der Waals surface area contributed by atoms with E-state index in [-0.39, 0.29) is 29.4 Å². The number of aliphatic hydroxyl groups is 2. The van der Waals surface area contributed by atoms with Gasteiger partial charge in [0.05, 0.1) is 23.6 Å². The Labute approximate surface area is 173 Å². The number of carbonyl (C=O) groups is 1. The molecule has 0 saturated carbocycles. The fourth-order valence-electron chi connectivity index (χ4n) is 2.19. The lowest BCUT2D eigenvalue weighted by Crippen LogP contribution is -2.35. The average Bonchev–Trinajstić information content (AvgIpc) is 2.66. The zero-order chi connectivity index (χ0) is 20.8. The van der Waals surface area contributed by atoms with Crippen LogP contribution in [-0.2, 0) is 9.63 Å². The Morgan fingerprint density at radius 1 is 1.43 bits per heavy atom. The molecule has 4 N–H and O–H groups in total. The van der Waals surface area contributed by atoms with E-state index in [1.165, 1.54) is 18.3 Å². The van der Waals surface area contributed by atoms with Crippen LogP contribution in [0.3, 0.4) is 0 Å². The number of aliphatic hydroxyl groups excluding tert-OH is 2. The summed E-state index contributed by atoms with van der Waals surface area (Å²) in [5.41, 5.74) is 1.76.